The number of pyridine rings is 1. The Hall–Kier alpha value is -0.610. The van der Waals surface area contributed by atoms with Gasteiger partial charge in [0.2, 0.25) is 5.91 Å². The number of aromatic nitrogens is 1. The zero-order valence-electron chi connectivity index (χ0n) is 9.12. The van der Waals surface area contributed by atoms with Crippen molar-refractivity contribution in [3.63, 3.8) is 0 Å². The first-order chi connectivity index (χ1) is 8.16. The Morgan fingerprint density at radius 2 is 2.18 bits per heavy atom. The number of halogens is 2. The molecule has 1 aromatic heterocycles. The minimum absolute atomic E-state index is 0.0986. The van der Waals surface area contributed by atoms with Crippen LogP contribution >= 0.6 is 27.5 Å². The maximum absolute atomic E-state index is 12.0. The van der Waals surface area contributed by atoms with Crippen molar-refractivity contribution in [3.05, 3.63) is 21.9 Å². The zero-order valence-corrected chi connectivity index (χ0v) is 11.5. The van der Waals surface area contributed by atoms with Crippen LogP contribution in [0.1, 0.15) is 19.3 Å². The topological polar surface area (TPSA) is 42.0 Å². The zero-order chi connectivity index (χ0) is 12.0. The van der Waals surface area contributed by atoms with Crippen molar-refractivity contribution in [2.24, 2.45) is 17.8 Å². The Kier molecular flexibility index (Phi) is 2.87. The molecule has 0 radical (unpaired) electrons. The van der Waals surface area contributed by atoms with E-state index in [9.17, 15) is 4.79 Å². The van der Waals surface area contributed by atoms with Gasteiger partial charge in [-0.2, -0.15) is 0 Å². The number of nitrogens with one attached hydrogen (secondary N) is 1. The number of rotatable bonds is 2. The summed E-state index contributed by atoms with van der Waals surface area (Å²) in [5, 5.41) is 3.22. The van der Waals surface area contributed by atoms with Crippen LogP contribution in [0.5, 0.6) is 0 Å². The van der Waals surface area contributed by atoms with Gasteiger partial charge in [0.1, 0.15) is 0 Å². The van der Waals surface area contributed by atoms with Crippen LogP contribution in [-0.2, 0) is 4.79 Å². The fraction of sp³-hybridized carbons (Fsp3) is 0.500. The van der Waals surface area contributed by atoms with Crippen LogP contribution in [-0.4, -0.2) is 10.9 Å². The third-order valence-corrected chi connectivity index (χ3v) is 4.51. The van der Waals surface area contributed by atoms with Crippen molar-refractivity contribution in [1.82, 2.24) is 4.98 Å². The van der Waals surface area contributed by atoms with Crippen LogP contribution < -0.4 is 5.32 Å². The van der Waals surface area contributed by atoms with Gasteiger partial charge in [0, 0.05) is 16.6 Å². The van der Waals surface area contributed by atoms with Gasteiger partial charge in [-0.3, -0.25) is 4.79 Å². The third kappa shape index (κ3) is 2.08. The highest BCUT2D eigenvalue weighted by Crippen LogP contribution is 2.57. The van der Waals surface area contributed by atoms with Gasteiger partial charge < -0.3 is 5.32 Å². The lowest BCUT2D eigenvalue weighted by Crippen LogP contribution is -2.17. The molecule has 1 amide bonds. The molecule has 17 heavy (non-hydrogen) atoms. The molecule has 3 nitrogen and oxygen atoms in total. The lowest BCUT2D eigenvalue weighted by molar-refractivity contribution is -0.118. The maximum Gasteiger partial charge on any atom is 0.228 e. The molecular formula is C12H12BrClN2O. The van der Waals surface area contributed by atoms with Crippen molar-refractivity contribution >= 4 is 39.1 Å². The van der Waals surface area contributed by atoms with E-state index in [2.05, 4.69) is 26.2 Å². The molecule has 2 unspecified atom stereocenters. The second kappa shape index (κ2) is 4.25. The highest BCUT2D eigenvalue weighted by atomic mass is 79.9. The summed E-state index contributed by atoms with van der Waals surface area (Å²) in [7, 11) is 0. The summed E-state index contributed by atoms with van der Waals surface area (Å²) in [5.74, 6) is 1.54. The molecule has 0 aliphatic heterocycles. The normalized spacial score (nSPS) is 29.9. The SMILES string of the molecule is O=C(Nc1cc(Br)cnc1Cl)C1C2CCCC21. The molecule has 0 bridgehead atoms. The first kappa shape index (κ1) is 11.5. The van der Waals surface area contributed by atoms with Crippen molar-refractivity contribution in [3.8, 4) is 0 Å². The third-order valence-electron chi connectivity index (χ3n) is 3.77. The number of nitrogens with zero attached hydrogens (tertiary/aromatic N) is 1. The summed E-state index contributed by atoms with van der Waals surface area (Å²) in [5.41, 5.74) is 0.594. The predicted molar refractivity (Wildman–Crippen MR) is 69.9 cm³/mol. The van der Waals surface area contributed by atoms with Gasteiger partial charge in [-0.05, 0) is 46.7 Å². The fourth-order valence-electron chi connectivity index (χ4n) is 2.94. The molecule has 2 saturated carbocycles. The van der Waals surface area contributed by atoms with Crippen molar-refractivity contribution in [2.45, 2.75) is 19.3 Å². The van der Waals surface area contributed by atoms with Gasteiger partial charge in [0.15, 0.2) is 5.15 Å². The Bertz CT molecular complexity index is 470. The average molecular weight is 316 g/mol. The summed E-state index contributed by atoms with van der Waals surface area (Å²) in [4.78, 5) is 16.0. The minimum atomic E-state index is 0.0986. The highest BCUT2D eigenvalue weighted by Gasteiger charge is 2.56. The molecule has 2 atom stereocenters. The monoisotopic (exact) mass is 314 g/mol. The molecule has 1 N–H and O–H groups in total. The molecule has 1 aromatic rings. The van der Waals surface area contributed by atoms with Gasteiger partial charge in [-0.1, -0.05) is 18.0 Å². The van der Waals surface area contributed by atoms with E-state index in [1.807, 2.05) is 0 Å². The number of amides is 1. The number of fused-ring (bicyclic) bond motifs is 1. The van der Waals surface area contributed by atoms with Crippen LogP contribution in [0.3, 0.4) is 0 Å². The summed E-state index contributed by atoms with van der Waals surface area (Å²) >= 11 is 9.25. The van der Waals surface area contributed by atoms with Crippen LogP contribution in [0, 0.1) is 17.8 Å². The Balaban J connectivity index is 1.71. The van der Waals surface area contributed by atoms with E-state index in [1.54, 1.807) is 12.3 Å². The van der Waals surface area contributed by atoms with E-state index in [4.69, 9.17) is 11.6 Å². The molecule has 0 saturated heterocycles. The Morgan fingerprint density at radius 1 is 1.47 bits per heavy atom. The molecule has 1 heterocycles. The first-order valence-electron chi connectivity index (χ1n) is 5.79. The summed E-state index contributed by atoms with van der Waals surface area (Å²) in [6.07, 6.45) is 5.29. The van der Waals surface area contributed by atoms with Gasteiger partial charge in [-0.25, -0.2) is 4.98 Å². The van der Waals surface area contributed by atoms with Gasteiger partial charge in [-0.15, -0.1) is 0 Å². The summed E-state index contributed by atoms with van der Waals surface area (Å²) in [6, 6.07) is 1.78. The smallest absolute Gasteiger partial charge is 0.228 e. The molecular weight excluding hydrogens is 304 g/mol. The Morgan fingerprint density at radius 3 is 2.88 bits per heavy atom. The van der Waals surface area contributed by atoms with E-state index < -0.39 is 0 Å². The quantitative estimate of drug-likeness (QED) is 0.849. The van der Waals surface area contributed by atoms with Crippen LogP contribution in [0.25, 0.3) is 0 Å². The van der Waals surface area contributed by atoms with E-state index in [0.29, 0.717) is 22.7 Å². The van der Waals surface area contributed by atoms with E-state index in [1.165, 1.54) is 19.3 Å². The average Bonchev–Trinajstić information content (AvgIpc) is 2.78. The molecule has 3 rings (SSSR count). The van der Waals surface area contributed by atoms with Crippen LogP contribution in [0.4, 0.5) is 5.69 Å². The van der Waals surface area contributed by atoms with Gasteiger partial charge in [0.25, 0.3) is 0 Å². The number of carbonyl (C=O) groups is 1. The van der Waals surface area contributed by atoms with Gasteiger partial charge in [0.05, 0.1) is 5.69 Å². The van der Waals surface area contributed by atoms with Gasteiger partial charge >= 0.3 is 0 Å². The molecule has 2 aliphatic carbocycles. The lowest BCUT2D eigenvalue weighted by Gasteiger charge is -2.08. The minimum Gasteiger partial charge on any atom is -0.323 e. The van der Waals surface area contributed by atoms with E-state index in [-0.39, 0.29) is 11.8 Å². The second-order valence-corrected chi connectivity index (χ2v) is 6.04. The van der Waals surface area contributed by atoms with E-state index in [0.717, 1.165) is 4.47 Å². The second-order valence-electron chi connectivity index (χ2n) is 4.77. The molecule has 2 aliphatic rings. The lowest BCUT2D eigenvalue weighted by atomic mass is 10.1. The first-order valence-corrected chi connectivity index (χ1v) is 6.96. The molecule has 90 valence electrons. The summed E-state index contributed by atoms with van der Waals surface area (Å²) < 4.78 is 0.813. The number of hydrogen-bond donors (Lipinski definition) is 1. The summed E-state index contributed by atoms with van der Waals surface area (Å²) in [6.45, 7) is 0. The van der Waals surface area contributed by atoms with Crippen LogP contribution in [0.2, 0.25) is 5.15 Å². The standard InChI is InChI=1S/C12H12BrClN2O/c13-6-4-9(11(14)15-5-6)16-12(17)10-7-2-1-3-8(7)10/h4-5,7-8,10H,1-3H2,(H,16,17). The fourth-order valence-corrected chi connectivity index (χ4v) is 3.42. The van der Waals surface area contributed by atoms with Crippen molar-refractivity contribution in [1.29, 1.82) is 0 Å². The number of anilines is 1. The molecule has 2 fully saturated rings. The number of hydrogen-bond acceptors (Lipinski definition) is 2. The van der Waals surface area contributed by atoms with Crippen molar-refractivity contribution < 1.29 is 4.79 Å². The van der Waals surface area contributed by atoms with E-state index >= 15 is 0 Å². The highest BCUT2D eigenvalue weighted by molar-refractivity contribution is 9.10. The number of carbonyl (C=O) groups excluding carboxylic acids is 1. The Labute approximate surface area is 113 Å². The molecule has 5 heteroatoms. The predicted octanol–water partition coefficient (Wildman–Crippen LogP) is 3.48. The largest absolute Gasteiger partial charge is 0.323 e. The molecule has 0 spiro atoms. The van der Waals surface area contributed by atoms with Crippen LogP contribution in [0.15, 0.2) is 16.7 Å². The maximum atomic E-state index is 12.0. The van der Waals surface area contributed by atoms with Crippen molar-refractivity contribution in [2.75, 3.05) is 5.32 Å². The molecule has 0 aromatic carbocycles.